The Kier molecular flexibility index (Phi) is 4.85. The highest BCUT2D eigenvalue weighted by Gasteiger charge is 2.19. The molecule has 1 aromatic heterocycles. The average Bonchev–Trinajstić information content (AvgIpc) is 3.20. The van der Waals surface area contributed by atoms with Crippen LogP contribution in [0.1, 0.15) is 5.56 Å². The van der Waals surface area contributed by atoms with Crippen LogP contribution in [-0.4, -0.2) is 24.2 Å². The first-order valence-electron chi connectivity index (χ1n) is 9.15. The Morgan fingerprint density at radius 1 is 0.750 bits per heavy atom. The number of aromatic amines is 1. The summed E-state index contributed by atoms with van der Waals surface area (Å²) >= 11 is 0. The molecule has 0 spiro atoms. The SMILES string of the molecule is COc1ccc(-c2nc(-c3ccccc3)c(-c3ccccc3)[nH]2)c(OC)c1C. The molecule has 1 heterocycles. The number of hydrogen-bond donors (Lipinski definition) is 1. The normalized spacial score (nSPS) is 10.7. The minimum Gasteiger partial charge on any atom is -0.496 e. The highest BCUT2D eigenvalue weighted by Crippen LogP contribution is 2.39. The molecule has 0 unspecified atom stereocenters. The van der Waals surface area contributed by atoms with Crippen LogP contribution in [0.25, 0.3) is 33.9 Å². The molecule has 0 radical (unpaired) electrons. The van der Waals surface area contributed by atoms with E-state index in [2.05, 4.69) is 29.2 Å². The fraction of sp³-hybridized carbons (Fsp3) is 0.125. The van der Waals surface area contributed by atoms with Gasteiger partial charge in [0.1, 0.15) is 17.3 Å². The molecule has 1 N–H and O–H groups in total. The zero-order chi connectivity index (χ0) is 19.5. The summed E-state index contributed by atoms with van der Waals surface area (Å²) in [6, 6.07) is 24.4. The maximum atomic E-state index is 5.69. The number of nitrogens with one attached hydrogen (secondary N) is 1. The lowest BCUT2D eigenvalue weighted by molar-refractivity contribution is 0.389. The number of rotatable bonds is 5. The van der Waals surface area contributed by atoms with E-state index in [1.165, 1.54) is 0 Å². The summed E-state index contributed by atoms with van der Waals surface area (Å²) < 4.78 is 11.1. The van der Waals surface area contributed by atoms with Crippen molar-refractivity contribution in [1.82, 2.24) is 9.97 Å². The van der Waals surface area contributed by atoms with Gasteiger partial charge in [0.25, 0.3) is 0 Å². The van der Waals surface area contributed by atoms with E-state index < -0.39 is 0 Å². The van der Waals surface area contributed by atoms with E-state index in [0.717, 1.165) is 51.0 Å². The predicted molar refractivity (Wildman–Crippen MR) is 113 cm³/mol. The lowest BCUT2D eigenvalue weighted by Gasteiger charge is -2.13. The first-order chi connectivity index (χ1) is 13.7. The molecule has 0 amide bonds. The molecule has 0 fully saturated rings. The van der Waals surface area contributed by atoms with E-state index in [1.807, 2.05) is 55.5 Å². The Hall–Kier alpha value is -3.53. The lowest BCUT2D eigenvalue weighted by Crippen LogP contribution is -1.96. The third kappa shape index (κ3) is 3.14. The van der Waals surface area contributed by atoms with Crippen LogP contribution in [0.2, 0.25) is 0 Å². The van der Waals surface area contributed by atoms with E-state index in [-0.39, 0.29) is 0 Å². The van der Waals surface area contributed by atoms with Gasteiger partial charge in [-0.2, -0.15) is 0 Å². The molecule has 0 aliphatic carbocycles. The van der Waals surface area contributed by atoms with Crippen LogP contribution in [-0.2, 0) is 0 Å². The van der Waals surface area contributed by atoms with Gasteiger partial charge in [-0.3, -0.25) is 0 Å². The third-order valence-corrected chi connectivity index (χ3v) is 4.85. The van der Waals surface area contributed by atoms with Crippen molar-refractivity contribution in [3.63, 3.8) is 0 Å². The smallest absolute Gasteiger partial charge is 0.142 e. The first kappa shape index (κ1) is 17.9. The molecule has 4 rings (SSSR count). The standard InChI is InChI=1S/C24H22N2O2/c1-16-20(27-2)15-14-19(23(16)28-3)24-25-21(17-10-6-4-7-11-17)22(26-24)18-12-8-5-9-13-18/h4-15H,1-3H3,(H,25,26). The van der Waals surface area contributed by atoms with Gasteiger partial charge >= 0.3 is 0 Å². The highest BCUT2D eigenvalue weighted by molar-refractivity contribution is 5.82. The van der Waals surface area contributed by atoms with Gasteiger partial charge in [0.15, 0.2) is 0 Å². The Balaban J connectivity index is 1.93. The minimum atomic E-state index is 0.757. The summed E-state index contributed by atoms with van der Waals surface area (Å²) in [7, 11) is 3.33. The van der Waals surface area contributed by atoms with E-state index >= 15 is 0 Å². The van der Waals surface area contributed by atoms with Crippen LogP contribution in [0.4, 0.5) is 0 Å². The lowest BCUT2D eigenvalue weighted by atomic mass is 10.1. The number of ether oxygens (including phenoxy) is 2. The maximum absolute atomic E-state index is 5.69. The molecule has 0 aliphatic rings. The van der Waals surface area contributed by atoms with Crippen molar-refractivity contribution >= 4 is 0 Å². The second-order valence-corrected chi connectivity index (χ2v) is 6.51. The highest BCUT2D eigenvalue weighted by atomic mass is 16.5. The first-order valence-corrected chi connectivity index (χ1v) is 9.15. The van der Waals surface area contributed by atoms with Gasteiger partial charge in [0, 0.05) is 16.7 Å². The van der Waals surface area contributed by atoms with Crippen molar-refractivity contribution in [2.24, 2.45) is 0 Å². The molecule has 0 atom stereocenters. The molecule has 0 aliphatic heterocycles. The van der Waals surface area contributed by atoms with Crippen LogP contribution in [0.5, 0.6) is 11.5 Å². The molecule has 4 nitrogen and oxygen atoms in total. The molecule has 28 heavy (non-hydrogen) atoms. The van der Waals surface area contributed by atoms with Crippen LogP contribution in [0, 0.1) is 6.92 Å². The van der Waals surface area contributed by atoms with Crippen molar-refractivity contribution in [1.29, 1.82) is 0 Å². The number of benzene rings is 3. The van der Waals surface area contributed by atoms with Gasteiger partial charge in [-0.15, -0.1) is 0 Å². The molecule has 140 valence electrons. The zero-order valence-corrected chi connectivity index (χ0v) is 16.2. The molecule has 4 aromatic rings. The Bertz CT molecular complexity index is 1030. The molecule has 0 bridgehead atoms. The van der Waals surface area contributed by atoms with Crippen molar-refractivity contribution in [3.8, 4) is 45.4 Å². The van der Waals surface area contributed by atoms with Gasteiger partial charge in [-0.05, 0) is 19.1 Å². The Morgan fingerprint density at radius 2 is 1.39 bits per heavy atom. The number of nitrogens with zero attached hydrogens (tertiary/aromatic N) is 1. The largest absolute Gasteiger partial charge is 0.496 e. The fourth-order valence-corrected chi connectivity index (χ4v) is 3.46. The summed E-state index contributed by atoms with van der Waals surface area (Å²) in [6.45, 7) is 1.99. The number of methoxy groups -OCH3 is 2. The van der Waals surface area contributed by atoms with Crippen molar-refractivity contribution in [2.75, 3.05) is 14.2 Å². The second kappa shape index (κ2) is 7.61. The van der Waals surface area contributed by atoms with E-state index in [0.29, 0.717) is 0 Å². The zero-order valence-electron chi connectivity index (χ0n) is 16.2. The monoisotopic (exact) mass is 370 g/mol. The molecular formula is C24H22N2O2. The number of aromatic nitrogens is 2. The quantitative estimate of drug-likeness (QED) is 0.487. The average molecular weight is 370 g/mol. The van der Waals surface area contributed by atoms with Crippen molar-refractivity contribution < 1.29 is 9.47 Å². The van der Waals surface area contributed by atoms with Crippen LogP contribution < -0.4 is 9.47 Å². The fourth-order valence-electron chi connectivity index (χ4n) is 3.46. The van der Waals surface area contributed by atoms with Gasteiger partial charge in [-0.1, -0.05) is 60.7 Å². The van der Waals surface area contributed by atoms with Crippen LogP contribution >= 0.6 is 0 Å². The van der Waals surface area contributed by atoms with E-state index in [9.17, 15) is 0 Å². The van der Waals surface area contributed by atoms with Crippen LogP contribution in [0.3, 0.4) is 0 Å². The molecule has 0 saturated carbocycles. The van der Waals surface area contributed by atoms with Crippen LogP contribution in [0.15, 0.2) is 72.8 Å². The summed E-state index contributed by atoms with van der Waals surface area (Å²) in [5, 5.41) is 0. The third-order valence-electron chi connectivity index (χ3n) is 4.85. The van der Waals surface area contributed by atoms with E-state index in [4.69, 9.17) is 14.5 Å². The minimum absolute atomic E-state index is 0.757. The van der Waals surface area contributed by atoms with Crippen molar-refractivity contribution in [3.05, 3.63) is 78.4 Å². The van der Waals surface area contributed by atoms with Gasteiger partial charge < -0.3 is 14.5 Å². The van der Waals surface area contributed by atoms with Gasteiger partial charge in [0.05, 0.1) is 31.2 Å². The van der Waals surface area contributed by atoms with Gasteiger partial charge in [-0.25, -0.2) is 4.98 Å². The molecular weight excluding hydrogens is 348 g/mol. The summed E-state index contributed by atoms with van der Waals surface area (Å²) in [5.41, 5.74) is 5.90. The predicted octanol–water partition coefficient (Wildman–Crippen LogP) is 5.74. The molecule has 4 heteroatoms. The van der Waals surface area contributed by atoms with E-state index in [1.54, 1.807) is 14.2 Å². The maximum Gasteiger partial charge on any atom is 0.142 e. The number of H-pyrrole nitrogens is 1. The number of imidazole rings is 1. The summed E-state index contributed by atoms with van der Waals surface area (Å²) in [4.78, 5) is 8.48. The summed E-state index contributed by atoms with van der Waals surface area (Å²) in [5.74, 6) is 2.31. The Morgan fingerprint density at radius 3 is 2.00 bits per heavy atom. The number of hydrogen-bond acceptors (Lipinski definition) is 3. The van der Waals surface area contributed by atoms with Gasteiger partial charge in [0.2, 0.25) is 0 Å². The molecule has 3 aromatic carbocycles. The Labute approximate surface area is 164 Å². The molecule has 0 saturated heterocycles. The summed E-state index contributed by atoms with van der Waals surface area (Å²) in [6.07, 6.45) is 0. The van der Waals surface area contributed by atoms with Crippen molar-refractivity contribution in [2.45, 2.75) is 6.92 Å². The second-order valence-electron chi connectivity index (χ2n) is 6.51. The topological polar surface area (TPSA) is 47.1 Å².